The molecule has 0 spiro atoms. The lowest BCUT2D eigenvalue weighted by molar-refractivity contribution is 0.590. The van der Waals surface area contributed by atoms with Gasteiger partial charge in [-0.1, -0.05) is 68.8 Å². The summed E-state index contributed by atoms with van der Waals surface area (Å²) in [7, 11) is 0. The van der Waals surface area contributed by atoms with E-state index in [1.54, 1.807) is 0 Å². The maximum Gasteiger partial charge on any atom is -0.00230 e. The quantitative estimate of drug-likeness (QED) is 0.690. The summed E-state index contributed by atoms with van der Waals surface area (Å²) >= 11 is 0. The molecule has 0 N–H and O–H groups in total. The zero-order valence-electron chi connectivity index (χ0n) is 12.7. The van der Waals surface area contributed by atoms with Crippen molar-refractivity contribution >= 4 is 0 Å². The van der Waals surface area contributed by atoms with Crippen LogP contribution in [0.2, 0.25) is 0 Å². The second-order valence-electron chi connectivity index (χ2n) is 6.55. The Bertz CT molecular complexity index is 554. The fraction of sp³-hybridized carbons (Fsp3) is 0.368. The third kappa shape index (κ3) is 3.47. The van der Waals surface area contributed by atoms with Gasteiger partial charge in [-0.05, 0) is 47.9 Å². The summed E-state index contributed by atoms with van der Waals surface area (Å²) in [6.45, 7) is 11.1. The van der Waals surface area contributed by atoms with Crippen molar-refractivity contribution in [2.75, 3.05) is 0 Å². The molecule has 2 aromatic rings. The van der Waals surface area contributed by atoms with Gasteiger partial charge in [-0.25, -0.2) is 0 Å². The highest BCUT2D eigenvalue weighted by molar-refractivity contribution is 5.36. The van der Waals surface area contributed by atoms with Crippen molar-refractivity contribution in [3.05, 3.63) is 70.3 Å². The molecule has 0 fully saturated rings. The minimum atomic E-state index is 0.234. The summed E-state index contributed by atoms with van der Waals surface area (Å²) in [4.78, 5) is 0. The van der Waals surface area contributed by atoms with Crippen LogP contribution in [0.15, 0.2) is 42.5 Å². The average molecular weight is 252 g/mol. The largest absolute Gasteiger partial charge is 0.0590 e. The Kier molecular flexibility index (Phi) is 3.80. The monoisotopic (exact) mass is 252 g/mol. The van der Waals surface area contributed by atoms with E-state index >= 15 is 0 Å². The van der Waals surface area contributed by atoms with Gasteiger partial charge in [-0.2, -0.15) is 0 Å². The standard InChI is InChI=1S/C19H24/c1-14-6-7-15(2)17(12-14)13-16-8-10-18(11-9-16)19(3,4)5/h6-12H,13H2,1-5H3. The first kappa shape index (κ1) is 13.9. The van der Waals surface area contributed by atoms with Crippen LogP contribution in [0.5, 0.6) is 0 Å². The first-order valence-corrected chi connectivity index (χ1v) is 7.02. The van der Waals surface area contributed by atoms with E-state index in [1.165, 1.54) is 27.8 Å². The molecule has 0 amide bonds. The van der Waals surface area contributed by atoms with Gasteiger partial charge >= 0.3 is 0 Å². The summed E-state index contributed by atoms with van der Waals surface area (Å²) in [5, 5.41) is 0. The molecule has 0 bridgehead atoms. The van der Waals surface area contributed by atoms with Gasteiger partial charge in [0.15, 0.2) is 0 Å². The second-order valence-corrected chi connectivity index (χ2v) is 6.55. The van der Waals surface area contributed by atoms with Crippen molar-refractivity contribution in [1.29, 1.82) is 0 Å². The fourth-order valence-electron chi connectivity index (χ4n) is 2.33. The Morgan fingerprint density at radius 3 is 2.05 bits per heavy atom. The highest BCUT2D eigenvalue weighted by atomic mass is 14.2. The molecule has 0 aliphatic rings. The predicted molar refractivity (Wildman–Crippen MR) is 83.9 cm³/mol. The first-order chi connectivity index (χ1) is 8.86. The molecule has 0 radical (unpaired) electrons. The van der Waals surface area contributed by atoms with Crippen LogP contribution in [-0.4, -0.2) is 0 Å². The van der Waals surface area contributed by atoms with Crippen molar-refractivity contribution in [3.63, 3.8) is 0 Å². The van der Waals surface area contributed by atoms with Crippen molar-refractivity contribution in [2.24, 2.45) is 0 Å². The number of aryl methyl sites for hydroxylation is 2. The van der Waals surface area contributed by atoms with E-state index in [9.17, 15) is 0 Å². The van der Waals surface area contributed by atoms with Gasteiger partial charge in [0.2, 0.25) is 0 Å². The van der Waals surface area contributed by atoms with Gasteiger partial charge in [0.25, 0.3) is 0 Å². The predicted octanol–water partition coefficient (Wildman–Crippen LogP) is 5.19. The van der Waals surface area contributed by atoms with Crippen LogP contribution in [0, 0.1) is 13.8 Å². The van der Waals surface area contributed by atoms with E-state index < -0.39 is 0 Å². The van der Waals surface area contributed by atoms with Gasteiger partial charge in [0, 0.05) is 0 Å². The van der Waals surface area contributed by atoms with E-state index in [1.807, 2.05) is 0 Å². The van der Waals surface area contributed by atoms with Crippen LogP contribution in [-0.2, 0) is 11.8 Å². The zero-order valence-corrected chi connectivity index (χ0v) is 12.7. The third-order valence-electron chi connectivity index (χ3n) is 3.72. The topological polar surface area (TPSA) is 0 Å². The molecule has 2 rings (SSSR count). The van der Waals surface area contributed by atoms with Crippen LogP contribution >= 0.6 is 0 Å². The summed E-state index contributed by atoms with van der Waals surface area (Å²) in [5.41, 5.74) is 7.18. The molecular formula is C19H24. The molecule has 2 aromatic carbocycles. The van der Waals surface area contributed by atoms with Gasteiger partial charge in [0.1, 0.15) is 0 Å². The molecular weight excluding hydrogens is 228 g/mol. The average Bonchev–Trinajstić information content (AvgIpc) is 2.33. The number of hydrogen-bond acceptors (Lipinski definition) is 0. The summed E-state index contributed by atoms with van der Waals surface area (Å²) in [6.07, 6.45) is 1.03. The van der Waals surface area contributed by atoms with Gasteiger partial charge < -0.3 is 0 Å². The Hall–Kier alpha value is -1.56. The molecule has 19 heavy (non-hydrogen) atoms. The van der Waals surface area contributed by atoms with E-state index in [2.05, 4.69) is 77.1 Å². The van der Waals surface area contributed by atoms with Crippen molar-refractivity contribution in [1.82, 2.24) is 0 Å². The van der Waals surface area contributed by atoms with E-state index in [0.717, 1.165) is 6.42 Å². The molecule has 0 aromatic heterocycles. The summed E-state index contributed by atoms with van der Waals surface area (Å²) in [6, 6.07) is 15.8. The fourth-order valence-corrected chi connectivity index (χ4v) is 2.33. The third-order valence-corrected chi connectivity index (χ3v) is 3.72. The molecule has 0 heterocycles. The molecule has 0 aliphatic heterocycles. The smallest absolute Gasteiger partial charge is 0.00230 e. The van der Waals surface area contributed by atoms with E-state index in [4.69, 9.17) is 0 Å². The zero-order chi connectivity index (χ0) is 14.0. The van der Waals surface area contributed by atoms with E-state index in [-0.39, 0.29) is 5.41 Å². The maximum atomic E-state index is 2.30. The van der Waals surface area contributed by atoms with Crippen molar-refractivity contribution in [2.45, 2.75) is 46.5 Å². The molecule has 100 valence electrons. The van der Waals surface area contributed by atoms with Crippen molar-refractivity contribution in [3.8, 4) is 0 Å². The molecule has 0 saturated carbocycles. The molecule has 0 heteroatoms. The molecule has 0 nitrogen and oxygen atoms in total. The number of hydrogen-bond donors (Lipinski definition) is 0. The lowest BCUT2D eigenvalue weighted by Gasteiger charge is -2.19. The minimum absolute atomic E-state index is 0.234. The van der Waals surface area contributed by atoms with Crippen LogP contribution < -0.4 is 0 Å². The summed E-state index contributed by atoms with van der Waals surface area (Å²) in [5.74, 6) is 0. The molecule has 0 aliphatic carbocycles. The first-order valence-electron chi connectivity index (χ1n) is 7.02. The number of rotatable bonds is 2. The molecule has 0 unspecified atom stereocenters. The minimum Gasteiger partial charge on any atom is -0.0590 e. The Balaban J connectivity index is 2.22. The maximum absolute atomic E-state index is 2.30. The van der Waals surface area contributed by atoms with Gasteiger partial charge in [-0.3, -0.25) is 0 Å². The molecule has 0 saturated heterocycles. The Morgan fingerprint density at radius 2 is 1.47 bits per heavy atom. The summed E-state index contributed by atoms with van der Waals surface area (Å²) < 4.78 is 0. The van der Waals surface area contributed by atoms with Crippen LogP contribution in [0.3, 0.4) is 0 Å². The highest BCUT2D eigenvalue weighted by Crippen LogP contribution is 2.23. The molecule has 0 atom stereocenters. The lowest BCUT2D eigenvalue weighted by Crippen LogP contribution is -2.10. The van der Waals surface area contributed by atoms with E-state index in [0.29, 0.717) is 0 Å². The number of benzene rings is 2. The van der Waals surface area contributed by atoms with Gasteiger partial charge in [0.05, 0.1) is 0 Å². The van der Waals surface area contributed by atoms with Gasteiger partial charge in [-0.15, -0.1) is 0 Å². The van der Waals surface area contributed by atoms with Crippen LogP contribution in [0.1, 0.15) is 48.6 Å². The highest BCUT2D eigenvalue weighted by Gasteiger charge is 2.12. The van der Waals surface area contributed by atoms with Crippen molar-refractivity contribution < 1.29 is 0 Å². The SMILES string of the molecule is Cc1ccc(C)c(Cc2ccc(C(C)(C)C)cc2)c1. The Labute approximate surface area is 117 Å². The second kappa shape index (κ2) is 5.21. The van der Waals surface area contributed by atoms with Crippen LogP contribution in [0.25, 0.3) is 0 Å². The lowest BCUT2D eigenvalue weighted by atomic mass is 9.86. The normalized spacial score (nSPS) is 11.6. The Morgan fingerprint density at radius 1 is 0.842 bits per heavy atom. The van der Waals surface area contributed by atoms with Crippen LogP contribution in [0.4, 0.5) is 0 Å².